The Hall–Kier alpha value is -1.35. The second-order valence-electron chi connectivity index (χ2n) is 5.18. The van der Waals surface area contributed by atoms with Crippen molar-refractivity contribution in [1.82, 2.24) is 5.32 Å². The third-order valence-electron chi connectivity index (χ3n) is 3.35. The van der Waals surface area contributed by atoms with Gasteiger partial charge in [-0.25, -0.2) is 0 Å². The van der Waals surface area contributed by atoms with Gasteiger partial charge in [-0.05, 0) is 55.5 Å². The van der Waals surface area contributed by atoms with Crippen LogP contribution in [0, 0.1) is 26.7 Å². The summed E-state index contributed by atoms with van der Waals surface area (Å²) in [6, 6.07) is 4.25. The maximum absolute atomic E-state index is 11.8. The second-order valence-corrected chi connectivity index (χ2v) is 5.18. The summed E-state index contributed by atoms with van der Waals surface area (Å²) in [7, 11) is 0. The molecule has 1 aromatic rings. The first-order valence-electron chi connectivity index (χ1n) is 6.47. The highest BCUT2D eigenvalue weighted by Crippen LogP contribution is 2.15. The van der Waals surface area contributed by atoms with Crippen molar-refractivity contribution in [3.8, 4) is 0 Å². The van der Waals surface area contributed by atoms with E-state index in [0.29, 0.717) is 25.4 Å². The van der Waals surface area contributed by atoms with E-state index in [4.69, 9.17) is 5.73 Å². The van der Waals surface area contributed by atoms with E-state index in [2.05, 4.69) is 38.2 Å². The average Bonchev–Trinajstić information content (AvgIpc) is 2.33. The molecule has 100 valence electrons. The molecule has 0 aliphatic heterocycles. The van der Waals surface area contributed by atoms with Crippen LogP contribution >= 0.6 is 0 Å². The minimum atomic E-state index is 0.0710. The molecule has 0 heterocycles. The normalized spacial score (nSPS) is 12.3. The standard InChI is InChI=1S/C15H24N2O/c1-10(8-16)9-17-15(18)7-14-6-12(3)11(2)5-13(14)4/h5-6,10H,7-9,16H2,1-4H3,(H,17,18). The number of benzene rings is 1. The summed E-state index contributed by atoms with van der Waals surface area (Å²) in [6.07, 6.45) is 0.449. The zero-order chi connectivity index (χ0) is 13.7. The van der Waals surface area contributed by atoms with E-state index < -0.39 is 0 Å². The quantitative estimate of drug-likeness (QED) is 0.835. The minimum absolute atomic E-state index is 0.0710. The zero-order valence-corrected chi connectivity index (χ0v) is 11.8. The third-order valence-corrected chi connectivity index (χ3v) is 3.35. The van der Waals surface area contributed by atoms with Crippen molar-refractivity contribution in [2.75, 3.05) is 13.1 Å². The number of hydrogen-bond acceptors (Lipinski definition) is 2. The van der Waals surface area contributed by atoms with Crippen molar-refractivity contribution >= 4 is 5.91 Å². The molecule has 3 N–H and O–H groups in total. The molecule has 1 rings (SSSR count). The van der Waals surface area contributed by atoms with Crippen LogP contribution in [0.15, 0.2) is 12.1 Å². The Labute approximate surface area is 110 Å². The molecular formula is C15H24N2O. The third kappa shape index (κ3) is 4.15. The minimum Gasteiger partial charge on any atom is -0.355 e. The average molecular weight is 248 g/mol. The molecule has 18 heavy (non-hydrogen) atoms. The predicted octanol–water partition coefficient (Wildman–Crippen LogP) is 1.87. The van der Waals surface area contributed by atoms with Gasteiger partial charge >= 0.3 is 0 Å². The Bertz CT molecular complexity index is 427. The van der Waals surface area contributed by atoms with Gasteiger partial charge in [-0.2, -0.15) is 0 Å². The maximum atomic E-state index is 11.8. The smallest absolute Gasteiger partial charge is 0.224 e. The molecule has 0 radical (unpaired) electrons. The number of amides is 1. The molecule has 1 unspecified atom stereocenters. The molecule has 1 aromatic carbocycles. The molecule has 0 saturated carbocycles. The summed E-state index contributed by atoms with van der Waals surface area (Å²) < 4.78 is 0. The van der Waals surface area contributed by atoms with Crippen LogP contribution in [-0.2, 0) is 11.2 Å². The molecule has 0 aliphatic carbocycles. The van der Waals surface area contributed by atoms with Gasteiger partial charge in [-0.3, -0.25) is 4.79 Å². The molecular weight excluding hydrogens is 224 g/mol. The topological polar surface area (TPSA) is 55.1 Å². The van der Waals surface area contributed by atoms with Crippen molar-refractivity contribution in [2.24, 2.45) is 11.7 Å². The van der Waals surface area contributed by atoms with Crippen LogP contribution in [0.4, 0.5) is 0 Å². The first-order valence-corrected chi connectivity index (χ1v) is 6.47. The lowest BCUT2D eigenvalue weighted by Crippen LogP contribution is -2.32. The highest BCUT2D eigenvalue weighted by Gasteiger charge is 2.08. The van der Waals surface area contributed by atoms with Gasteiger partial charge in [-0.15, -0.1) is 0 Å². The number of nitrogens with one attached hydrogen (secondary N) is 1. The summed E-state index contributed by atoms with van der Waals surface area (Å²) >= 11 is 0. The largest absolute Gasteiger partial charge is 0.355 e. The van der Waals surface area contributed by atoms with Gasteiger partial charge < -0.3 is 11.1 Å². The Kier molecular flexibility index (Phi) is 5.35. The molecule has 0 aromatic heterocycles. The lowest BCUT2D eigenvalue weighted by Gasteiger charge is -2.12. The lowest BCUT2D eigenvalue weighted by molar-refractivity contribution is -0.120. The molecule has 3 nitrogen and oxygen atoms in total. The molecule has 1 atom stereocenters. The molecule has 0 saturated heterocycles. The van der Waals surface area contributed by atoms with E-state index in [9.17, 15) is 4.79 Å². The fraction of sp³-hybridized carbons (Fsp3) is 0.533. The van der Waals surface area contributed by atoms with E-state index in [1.54, 1.807) is 0 Å². The van der Waals surface area contributed by atoms with E-state index in [1.807, 2.05) is 6.92 Å². The van der Waals surface area contributed by atoms with Crippen LogP contribution in [0.2, 0.25) is 0 Å². The molecule has 0 aliphatic rings. The van der Waals surface area contributed by atoms with Crippen LogP contribution in [0.25, 0.3) is 0 Å². The Morgan fingerprint density at radius 2 is 1.83 bits per heavy atom. The number of aryl methyl sites for hydroxylation is 3. The van der Waals surface area contributed by atoms with Crippen molar-refractivity contribution in [1.29, 1.82) is 0 Å². The highest BCUT2D eigenvalue weighted by molar-refractivity contribution is 5.79. The van der Waals surface area contributed by atoms with E-state index in [1.165, 1.54) is 16.7 Å². The SMILES string of the molecule is Cc1cc(C)c(CC(=O)NCC(C)CN)cc1C. The van der Waals surface area contributed by atoms with Gasteiger partial charge in [0.15, 0.2) is 0 Å². The molecule has 0 fully saturated rings. The summed E-state index contributed by atoms with van der Waals surface area (Å²) in [4.78, 5) is 11.8. The number of hydrogen-bond donors (Lipinski definition) is 2. The summed E-state index contributed by atoms with van der Waals surface area (Å²) in [5.41, 5.74) is 10.3. The van der Waals surface area contributed by atoms with Crippen LogP contribution in [0.5, 0.6) is 0 Å². The zero-order valence-electron chi connectivity index (χ0n) is 11.8. The first-order chi connectivity index (χ1) is 8.43. The first kappa shape index (κ1) is 14.7. The fourth-order valence-corrected chi connectivity index (χ4v) is 1.82. The Balaban J connectivity index is 2.62. The number of rotatable bonds is 5. The Morgan fingerprint density at radius 1 is 1.22 bits per heavy atom. The van der Waals surface area contributed by atoms with E-state index in [0.717, 1.165) is 5.56 Å². The summed E-state index contributed by atoms with van der Waals surface area (Å²) in [5.74, 6) is 0.399. The summed E-state index contributed by atoms with van der Waals surface area (Å²) in [6.45, 7) is 9.50. The van der Waals surface area contributed by atoms with Gasteiger partial charge in [0.05, 0.1) is 6.42 Å². The molecule has 0 bridgehead atoms. The number of carbonyl (C=O) groups is 1. The van der Waals surface area contributed by atoms with E-state index in [-0.39, 0.29) is 5.91 Å². The van der Waals surface area contributed by atoms with Gasteiger partial charge in [-0.1, -0.05) is 19.1 Å². The van der Waals surface area contributed by atoms with Crippen molar-refractivity contribution in [3.63, 3.8) is 0 Å². The molecule has 3 heteroatoms. The van der Waals surface area contributed by atoms with Crippen molar-refractivity contribution < 1.29 is 4.79 Å². The van der Waals surface area contributed by atoms with Crippen molar-refractivity contribution in [3.05, 3.63) is 34.4 Å². The van der Waals surface area contributed by atoms with Crippen LogP contribution in [0.1, 0.15) is 29.2 Å². The predicted molar refractivity (Wildman–Crippen MR) is 75.6 cm³/mol. The molecule has 1 amide bonds. The van der Waals surface area contributed by atoms with Gasteiger partial charge in [0, 0.05) is 6.54 Å². The number of nitrogens with two attached hydrogens (primary N) is 1. The number of carbonyl (C=O) groups excluding carboxylic acids is 1. The lowest BCUT2D eigenvalue weighted by atomic mass is 9.98. The van der Waals surface area contributed by atoms with Gasteiger partial charge in [0.25, 0.3) is 0 Å². The van der Waals surface area contributed by atoms with Gasteiger partial charge in [0.1, 0.15) is 0 Å². The summed E-state index contributed by atoms with van der Waals surface area (Å²) in [5, 5.41) is 2.92. The maximum Gasteiger partial charge on any atom is 0.224 e. The van der Waals surface area contributed by atoms with Crippen molar-refractivity contribution in [2.45, 2.75) is 34.1 Å². The molecule has 0 spiro atoms. The van der Waals surface area contributed by atoms with Crippen LogP contribution in [-0.4, -0.2) is 19.0 Å². The van der Waals surface area contributed by atoms with E-state index >= 15 is 0 Å². The van der Waals surface area contributed by atoms with Gasteiger partial charge in [0.2, 0.25) is 5.91 Å². The fourth-order valence-electron chi connectivity index (χ4n) is 1.82. The van der Waals surface area contributed by atoms with Crippen LogP contribution < -0.4 is 11.1 Å². The highest BCUT2D eigenvalue weighted by atomic mass is 16.1. The second kappa shape index (κ2) is 6.55. The Morgan fingerprint density at radius 3 is 2.44 bits per heavy atom. The van der Waals surface area contributed by atoms with Crippen LogP contribution in [0.3, 0.4) is 0 Å². The monoisotopic (exact) mass is 248 g/mol.